The Hall–Kier alpha value is -1.79. The van der Waals surface area contributed by atoms with Crippen LogP contribution < -0.4 is 0 Å². The number of aliphatic hydroxyl groups is 1. The molecule has 0 radical (unpaired) electrons. The molecule has 0 aliphatic heterocycles. The summed E-state index contributed by atoms with van der Waals surface area (Å²) in [5.74, 6) is 0.648. The number of benzene rings is 1. The molecule has 0 bridgehead atoms. The van der Waals surface area contributed by atoms with Gasteiger partial charge in [-0.1, -0.05) is 0 Å². The molecular formula is C16H15BrO5. The van der Waals surface area contributed by atoms with E-state index in [4.69, 9.17) is 13.6 Å². The summed E-state index contributed by atoms with van der Waals surface area (Å²) in [5.41, 5.74) is 1.40. The first-order valence-corrected chi connectivity index (χ1v) is 7.69. The highest BCUT2D eigenvalue weighted by molar-refractivity contribution is 9.10. The first-order valence-electron chi connectivity index (χ1n) is 6.90. The lowest BCUT2D eigenvalue weighted by Crippen LogP contribution is -2.15. The van der Waals surface area contributed by atoms with E-state index in [1.807, 2.05) is 6.07 Å². The molecule has 0 saturated carbocycles. The van der Waals surface area contributed by atoms with Gasteiger partial charge in [0.2, 0.25) is 0 Å². The maximum absolute atomic E-state index is 12.0. The molecule has 3 aromatic rings. The molecule has 2 heterocycles. The highest BCUT2D eigenvalue weighted by atomic mass is 79.9. The van der Waals surface area contributed by atoms with Gasteiger partial charge in [-0.25, -0.2) is 4.79 Å². The molecule has 0 aliphatic rings. The smallest absolute Gasteiger partial charge is 0.339 e. The van der Waals surface area contributed by atoms with Crippen molar-refractivity contribution >= 4 is 43.8 Å². The summed E-state index contributed by atoms with van der Waals surface area (Å²) in [5, 5.41) is 11.8. The minimum Gasteiger partial charge on any atom is -0.464 e. The Morgan fingerprint density at radius 1 is 1.23 bits per heavy atom. The van der Waals surface area contributed by atoms with Crippen molar-refractivity contribution in [3.05, 3.63) is 33.7 Å². The standard InChI is InChI=1S/C16H15BrO5/c1-4-20-16(19)13(18)11-9-5-7(2)22-15(9)12(17)10-6-8(3)21-14(10)11/h5-6,13,18H,4H2,1-3H3. The Labute approximate surface area is 135 Å². The SMILES string of the molecule is CCOC(=O)C(O)c1c2cc(C)oc2c(Br)c2cc(C)oc12. The molecule has 5 nitrogen and oxygen atoms in total. The molecule has 0 amide bonds. The Morgan fingerprint density at radius 3 is 2.45 bits per heavy atom. The van der Waals surface area contributed by atoms with Gasteiger partial charge in [0.05, 0.1) is 11.1 Å². The highest BCUT2D eigenvalue weighted by Gasteiger charge is 2.29. The number of hydrogen-bond acceptors (Lipinski definition) is 5. The van der Waals surface area contributed by atoms with Crippen LogP contribution in [0.1, 0.15) is 30.1 Å². The predicted molar refractivity (Wildman–Crippen MR) is 84.8 cm³/mol. The predicted octanol–water partition coefficient (Wildman–Crippen LogP) is 4.15. The number of aryl methyl sites for hydroxylation is 2. The number of carbonyl (C=O) groups excluding carboxylic acids is 1. The number of ether oxygens (including phenoxy) is 1. The number of furan rings is 2. The van der Waals surface area contributed by atoms with E-state index in [1.54, 1.807) is 26.8 Å². The normalized spacial score (nSPS) is 13.0. The number of carbonyl (C=O) groups is 1. The Bertz CT molecular complexity index is 816. The van der Waals surface area contributed by atoms with Crippen LogP contribution in [-0.4, -0.2) is 17.7 Å². The second kappa shape index (κ2) is 5.44. The largest absolute Gasteiger partial charge is 0.464 e. The van der Waals surface area contributed by atoms with E-state index in [9.17, 15) is 9.90 Å². The van der Waals surface area contributed by atoms with Crippen LogP contribution in [0.4, 0.5) is 0 Å². The molecule has 1 unspecified atom stereocenters. The van der Waals surface area contributed by atoms with E-state index in [0.717, 1.165) is 9.86 Å². The van der Waals surface area contributed by atoms with Crippen molar-refractivity contribution in [2.75, 3.05) is 6.61 Å². The van der Waals surface area contributed by atoms with E-state index in [1.165, 1.54) is 0 Å². The van der Waals surface area contributed by atoms with E-state index in [2.05, 4.69) is 15.9 Å². The summed E-state index contributed by atoms with van der Waals surface area (Å²) < 4.78 is 17.1. The van der Waals surface area contributed by atoms with Crippen molar-refractivity contribution in [2.45, 2.75) is 26.9 Å². The molecule has 2 aromatic heterocycles. The average molecular weight is 367 g/mol. The van der Waals surface area contributed by atoms with Gasteiger partial charge in [0.1, 0.15) is 22.7 Å². The Kier molecular flexibility index (Phi) is 3.74. The van der Waals surface area contributed by atoms with Crippen molar-refractivity contribution in [1.82, 2.24) is 0 Å². The number of aliphatic hydroxyl groups excluding tert-OH is 1. The zero-order valence-electron chi connectivity index (χ0n) is 12.4. The summed E-state index contributed by atoms with van der Waals surface area (Å²) in [4.78, 5) is 12.0. The first kappa shape index (κ1) is 15.1. The van der Waals surface area contributed by atoms with Gasteiger partial charge in [0.25, 0.3) is 0 Å². The van der Waals surface area contributed by atoms with Gasteiger partial charge < -0.3 is 18.7 Å². The molecule has 1 N–H and O–H groups in total. The van der Waals surface area contributed by atoms with Crippen LogP contribution in [0.2, 0.25) is 0 Å². The van der Waals surface area contributed by atoms with Gasteiger partial charge in [-0.15, -0.1) is 0 Å². The van der Waals surface area contributed by atoms with Crippen LogP contribution >= 0.6 is 15.9 Å². The minimum absolute atomic E-state index is 0.195. The van der Waals surface area contributed by atoms with Crippen LogP contribution in [0.5, 0.6) is 0 Å². The first-order chi connectivity index (χ1) is 10.4. The molecule has 22 heavy (non-hydrogen) atoms. The quantitative estimate of drug-likeness (QED) is 0.704. The summed E-state index contributed by atoms with van der Waals surface area (Å²) in [7, 11) is 0. The lowest BCUT2D eigenvalue weighted by molar-refractivity contribution is -0.153. The molecule has 0 saturated heterocycles. The molecular weight excluding hydrogens is 352 g/mol. The average Bonchev–Trinajstić information content (AvgIpc) is 3.02. The molecule has 116 valence electrons. The molecule has 6 heteroatoms. The number of fused-ring (bicyclic) bond motifs is 2. The van der Waals surface area contributed by atoms with E-state index in [0.29, 0.717) is 33.6 Å². The third-order valence-corrected chi connectivity index (χ3v) is 4.25. The van der Waals surface area contributed by atoms with Gasteiger partial charge in [0.15, 0.2) is 6.10 Å². The fourth-order valence-electron chi connectivity index (χ4n) is 2.61. The van der Waals surface area contributed by atoms with Crippen molar-refractivity contribution < 1.29 is 23.5 Å². The van der Waals surface area contributed by atoms with Crippen molar-refractivity contribution in [1.29, 1.82) is 0 Å². The second-order valence-corrected chi connectivity index (χ2v) is 5.87. The van der Waals surface area contributed by atoms with Gasteiger partial charge in [-0.3, -0.25) is 0 Å². The van der Waals surface area contributed by atoms with Crippen molar-refractivity contribution in [2.24, 2.45) is 0 Å². The Balaban J connectivity index is 2.37. The summed E-state index contributed by atoms with van der Waals surface area (Å²) in [6.07, 6.45) is -1.43. The number of rotatable bonds is 3. The molecule has 0 aliphatic carbocycles. The highest BCUT2D eigenvalue weighted by Crippen LogP contribution is 2.42. The van der Waals surface area contributed by atoms with Gasteiger partial charge in [-0.05, 0) is 48.8 Å². The maximum atomic E-state index is 12.0. The van der Waals surface area contributed by atoms with Crippen molar-refractivity contribution in [3.63, 3.8) is 0 Å². The number of halogens is 1. The molecule has 1 aromatic carbocycles. The van der Waals surface area contributed by atoms with Crippen LogP contribution in [0.3, 0.4) is 0 Å². The summed E-state index contributed by atoms with van der Waals surface area (Å²) in [6.45, 7) is 5.50. The van der Waals surface area contributed by atoms with Gasteiger partial charge in [0, 0.05) is 16.3 Å². The summed E-state index contributed by atoms with van der Waals surface area (Å²) >= 11 is 3.51. The second-order valence-electron chi connectivity index (χ2n) is 5.08. The third-order valence-electron chi connectivity index (χ3n) is 3.46. The third kappa shape index (κ3) is 2.23. The number of hydrogen-bond donors (Lipinski definition) is 1. The molecule has 1 atom stereocenters. The van der Waals surface area contributed by atoms with Gasteiger partial charge >= 0.3 is 5.97 Å². The van der Waals surface area contributed by atoms with Crippen molar-refractivity contribution in [3.8, 4) is 0 Å². The zero-order valence-corrected chi connectivity index (χ0v) is 14.0. The topological polar surface area (TPSA) is 72.8 Å². The fourth-order valence-corrected chi connectivity index (χ4v) is 3.20. The lowest BCUT2D eigenvalue weighted by atomic mass is 10.0. The minimum atomic E-state index is -1.43. The maximum Gasteiger partial charge on any atom is 0.339 e. The van der Waals surface area contributed by atoms with Crippen LogP contribution in [-0.2, 0) is 9.53 Å². The molecule has 3 rings (SSSR count). The van der Waals surface area contributed by atoms with Crippen LogP contribution in [0, 0.1) is 13.8 Å². The van der Waals surface area contributed by atoms with Gasteiger partial charge in [-0.2, -0.15) is 0 Å². The summed E-state index contributed by atoms with van der Waals surface area (Å²) in [6, 6.07) is 3.60. The monoisotopic (exact) mass is 366 g/mol. The van der Waals surface area contributed by atoms with Crippen LogP contribution in [0.15, 0.2) is 25.4 Å². The molecule has 0 fully saturated rings. The van der Waals surface area contributed by atoms with E-state index in [-0.39, 0.29) is 6.61 Å². The van der Waals surface area contributed by atoms with E-state index < -0.39 is 12.1 Å². The zero-order chi connectivity index (χ0) is 16.0. The lowest BCUT2D eigenvalue weighted by Gasteiger charge is -2.12. The molecule has 0 spiro atoms. The Morgan fingerprint density at radius 2 is 1.82 bits per heavy atom. The fraction of sp³-hybridized carbons (Fsp3) is 0.312. The van der Waals surface area contributed by atoms with E-state index >= 15 is 0 Å². The van der Waals surface area contributed by atoms with Crippen LogP contribution in [0.25, 0.3) is 21.9 Å². The number of esters is 1.